The van der Waals surface area contributed by atoms with Gasteiger partial charge in [0.1, 0.15) is 0 Å². The van der Waals surface area contributed by atoms with Gasteiger partial charge in [-0.2, -0.15) is 12.6 Å². The number of likely N-dealkylation sites (tertiary alicyclic amines) is 1. The maximum absolute atomic E-state index is 11.5. The summed E-state index contributed by atoms with van der Waals surface area (Å²) in [6.07, 6.45) is 0.409. The van der Waals surface area contributed by atoms with Crippen LogP contribution in [0.5, 0.6) is 0 Å². The zero-order chi connectivity index (χ0) is 12.1. The Kier molecular flexibility index (Phi) is 5.53. The first kappa shape index (κ1) is 13.8. The lowest BCUT2D eigenvalue weighted by Crippen LogP contribution is -2.35. The number of hydrogen-bond acceptors (Lipinski definition) is 4. The third-order valence-electron chi connectivity index (χ3n) is 2.19. The quantitative estimate of drug-likeness (QED) is 0.315. The minimum atomic E-state index is -0.273. The summed E-state index contributed by atoms with van der Waals surface area (Å²) in [5, 5.41) is 2.63. The Balaban J connectivity index is 2.35. The van der Waals surface area contributed by atoms with Crippen molar-refractivity contribution in [2.45, 2.75) is 16.8 Å². The van der Waals surface area contributed by atoms with Gasteiger partial charge in [-0.1, -0.05) is 22.6 Å². The van der Waals surface area contributed by atoms with Gasteiger partial charge in [-0.05, 0) is 0 Å². The van der Waals surface area contributed by atoms with E-state index in [1.54, 1.807) is 0 Å². The van der Waals surface area contributed by atoms with E-state index < -0.39 is 0 Å². The normalized spacial score (nSPS) is 20.4. The molecule has 0 bridgehead atoms. The summed E-state index contributed by atoms with van der Waals surface area (Å²) in [7, 11) is 0. The fourth-order valence-corrected chi connectivity index (χ4v) is 2.20. The first-order valence-electron chi connectivity index (χ1n) is 4.92. The van der Waals surface area contributed by atoms with Crippen LogP contribution in [0.25, 0.3) is 0 Å². The molecule has 5 nitrogen and oxygen atoms in total. The van der Waals surface area contributed by atoms with Gasteiger partial charge >= 0.3 is 0 Å². The van der Waals surface area contributed by atoms with E-state index in [4.69, 9.17) is 0 Å². The molecule has 0 aromatic heterocycles. The molecule has 1 saturated heterocycles. The predicted octanol–water partition coefficient (Wildman–Crippen LogP) is -0.0150. The van der Waals surface area contributed by atoms with Gasteiger partial charge < -0.3 is 5.32 Å². The molecule has 1 rings (SSSR count). The average molecular weight is 356 g/mol. The lowest BCUT2D eigenvalue weighted by molar-refractivity contribution is -0.138. The number of hydrogen-bond donors (Lipinski definition) is 2. The van der Waals surface area contributed by atoms with Crippen LogP contribution in [-0.4, -0.2) is 45.4 Å². The highest BCUT2D eigenvalue weighted by atomic mass is 127. The highest BCUT2D eigenvalue weighted by molar-refractivity contribution is 14.1. The van der Waals surface area contributed by atoms with E-state index in [1.165, 1.54) is 0 Å². The van der Waals surface area contributed by atoms with Crippen molar-refractivity contribution in [1.29, 1.82) is 0 Å². The van der Waals surface area contributed by atoms with Gasteiger partial charge in [-0.15, -0.1) is 0 Å². The molecule has 90 valence electrons. The van der Waals surface area contributed by atoms with Crippen molar-refractivity contribution in [2.24, 2.45) is 0 Å². The van der Waals surface area contributed by atoms with E-state index in [-0.39, 0.29) is 41.0 Å². The molecular weight excluding hydrogens is 343 g/mol. The van der Waals surface area contributed by atoms with Crippen LogP contribution < -0.4 is 5.32 Å². The van der Waals surface area contributed by atoms with Gasteiger partial charge in [-0.3, -0.25) is 19.3 Å². The molecule has 1 unspecified atom stereocenters. The summed E-state index contributed by atoms with van der Waals surface area (Å²) in [6, 6.07) is 0. The van der Waals surface area contributed by atoms with Crippen LogP contribution in [-0.2, 0) is 14.4 Å². The van der Waals surface area contributed by atoms with Crippen LogP contribution in [0.3, 0.4) is 0 Å². The number of carbonyl (C=O) groups is 3. The molecule has 3 amide bonds. The Labute approximate surface area is 113 Å². The molecule has 1 aliphatic rings. The minimum absolute atomic E-state index is 0.161. The number of nitrogens with one attached hydrogen (secondary N) is 1. The second kappa shape index (κ2) is 6.43. The molecule has 0 aromatic rings. The van der Waals surface area contributed by atoms with E-state index in [1.807, 2.05) is 22.6 Å². The molecule has 0 aromatic carbocycles. The topological polar surface area (TPSA) is 66.5 Å². The van der Waals surface area contributed by atoms with Crippen LogP contribution in [0.1, 0.15) is 12.8 Å². The Morgan fingerprint density at radius 3 is 2.75 bits per heavy atom. The highest BCUT2D eigenvalue weighted by Crippen LogP contribution is 2.20. The fourth-order valence-electron chi connectivity index (χ4n) is 1.37. The van der Waals surface area contributed by atoms with E-state index in [0.717, 1.165) is 4.90 Å². The third kappa shape index (κ3) is 3.62. The van der Waals surface area contributed by atoms with Gasteiger partial charge in [0.15, 0.2) is 0 Å². The smallest absolute Gasteiger partial charge is 0.242 e. The van der Waals surface area contributed by atoms with Crippen molar-refractivity contribution in [1.82, 2.24) is 10.2 Å². The number of rotatable bonds is 5. The molecule has 0 spiro atoms. The van der Waals surface area contributed by atoms with Crippen LogP contribution in [0, 0.1) is 0 Å². The molecule has 7 heteroatoms. The van der Waals surface area contributed by atoms with Crippen LogP contribution in [0.15, 0.2) is 0 Å². The molecule has 1 heterocycles. The largest absolute Gasteiger partial charge is 0.355 e. The number of thiol groups is 1. The first-order chi connectivity index (χ1) is 7.56. The van der Waals surface area contributed by atoms with Gasteiger partial charge in [0.2, 0.25) is 17.7 Å². The number of halogens is 1. The number of carbonyl (C=O) groups excluding carboxylic acids is 3. The van der Waals surface area contributed by atoms with Crippen LogP contribution >= 0.6 is 35.2 Å². The van der Waals surface area contributed by atoms with Gasteiger partial charge in [-0.25, -0.2) is 0 Å². The number of imide groups is 1. The van der Waals surface area contributed by atoms with Crippen LogP contribution in [0.2, 0.25) is 0 Å². The summed E-state index contributed by atoms with van der Waals surface area (Å²) in [4.78, 5) is 35.3. The Morgan fingerprint density at radius 1 is 1.56 bits per heavy atom. The van der Waals surface area contributed by atoms with Gasteiger partial charge in [0, 0.05) is 31.7 Å². The molecule has 1 aliphatic heterocycles. The summed E-state index contributed by atoms with van der Waals surface area (Å²) in [5.41, 5.74) is 0. The number of alkyl halides is 1. The molecule has 0 saturated carbocycles. The summed E-state index contributed by atoms with van der Waals surface area (Å²) in [5.74, 6) is 0.0360. The SMILES string of the molecule is O=C(CCN1C(=O)CC(I)C1=O)NCCS. The van der Waals surface area contributed by atoms with Crippen molar-refractivity contribution in [3.05, 3.63) is 0 Å². The molecular formula is C9H13IN2O3S. The fraction of sp³-hybridized carbons (Fsp3) is 0.667. The molecule has 1 atom stereocenters. The Bertz CT molecular complexity index is 311. The van der Waals surface area contributed by atoms with Crippen molar-refractivity contribution in [3.63, 3.8) is 0 Å². The van der Waals surface area contributed by atoms with E-state index in [0.29, 0.717) is 12.3 Å². The van der Waals surface area contributed by atoms with Gasteiger partial charge in [0.05, 0.1) is 3.92 Å². The van der Waals surface area contributed by atoms with Crippen molar-refractivity contribution in [3.8, 4) is 0 Å². The second-order valence-electron chi connectivity index (χ2n) is 3.38. The average Bonchev–Trinajstić information content (AvgIpc) is 2.48. The monoisotopic (exact) mass is 356 g/mol. The lowest BCUT2D eigenvalue weighted by Gasteiger charge is -2.13. The predicted molar refractivity (Wildman–Crippen MR) is 70.6 cm³/mol. The van der Waals surface area contributed by atoms with Crippen LogP contribution in [0.4, 0.5) is 0 Å². The summed E-state index contributed by atoms with van der Waals surface area (Å²) < 4.78 is -0.273. The second-order valence-corrected chi connectivity index (χ2v) is 5.33. The summed E-state index contributed by atoms with van der Waals surface area (Å²) >= 11 is 5.90. The Hall–Kier alpha value is -0.310. The van der Waals surface area contributed by atoms with Crippen molar-refractivity contribution < 1.29 is 14.4 Å². The molecule has 16 heavy (non-hydrogen) atoms. The Morgan fingerprint density at radius 2 is 2.25 bits per heavy atom. The lowest BCUT2D eigenvalue weighted by atomic mass is 10.3. The molecule has 1 fully saturated rings. The van der Waals surface area contributed by atoms with Gasteiger partial charge in [0.25, 0.3) is 0 Å². The van der Waals surface area contributed by atoms with E-state index in [9.17, 15) is 14.4 Å². The minimum Gasteiger partial charge on any atom is -0.355 e. The molecule has 1 N–H and O–H groups in total. The standard InChI is InChI=1S/C9H13IN2O3S/c10-6-5-8(14)12(9(6)15)3-1-7(13)11-2-4-16/h6,16H,1-5H2,(H,11,13). The maximum atomic E-state index is 11.5. The number of amides is 3. The van der Waals surface area contributed by atoms with E-state index in [2.05, 4.69) is 17.9 Å². The molecule has 0 aliphatic carbocycles. The number of nitrogens with zero attached hydrogens (tertiary/aromatic N) is 1. The van der Waals surface area contributed by atoms with Crippen molar-refractivity contribution in [2.75, 3.05) is 18.8 Å². The summed E-state index contributed by atoms with van der Waals surface area (Å²) in [6.45, 7) is 0.675. The zero-order valence-electron chi connectivity index (χ0n) is 8.61. The van der Waals surface area contributed by atoms with Crippen molar-refractivity contribution >= 4 is 52.9 Å². The van der Waals surface area contributed by atoms with E-state index >= 15 is 0 Å². The first-order valence-corrected chi connectivity index (χ1v) is 6.80. The molecule has 0 radical (unpaired) electrons. The highest BCUT2D eigenvalue weighted by Gasteiger charge is 2.36. The maximum Gasteiger partial charge on any atom is 0.242 e. The third-order valence-corrected chi connectivity index (χ3v) is 3.38. The zero-order valence-corrected chi connectivity index (χ0v) is 11.7.